The second kappa shape index (κ2) is 7.57. The third-order valence-electron chi connectivity index (χ3n) is 4.31. The molecule has 24 heavy (non-hydrogen) atoms. The van der Waals surface area contributed by atoms with E-state index in [-0.39, 0.29) is 0 Å². The van der Waals surface area contributed by atoms with Gasteiger partial charge in [-0.25, -0.2) is 9.97 Å². The molecular weight excluding hydrogens is 302 g/mol. The number of piperazine rings is 1. The second-order valence-corrected chi connectivity index (χ2v) is 6.13. The molecule has 0 amide bonds. The highest BCUT2D eigenvalue weighted by Gasteiger charge is 2.19. The maximum absolute atomic E-state index is 5.25. The monoisotopic (exact) mass is 327 g/mol. The first kappa shape index (κ1) is 16.6. The van der Waals surface area contributed by atoms with Gasteiger partial charge in [-0.2, -0.15) is 0 Å². The van der Waals surface area contributed by atoms with Gasteiger partial charge in [-0.05, 0) is 18.6 Å². The van der Waals surface area contributed by atoms with Gasteiger partial charge in [0.15, 0.2) is 0 Å². The summed E-state index contributed by atoms with van der Waals surface area (Å²) in [5, 5.41) is 0. The summed E-state index contributed by atoms with van der Waals surface area (Å²) in [6.45, 7) is 9.04. The van der Waals surface area contributed by atoms with Crippen molar-refractivity contribution in [1.82, 2.24) is 19.9 Å². The van der Waals surface area contributed by atoms with E-state index in [1.807, 2.05) is 13.1 Å². The van der Waals surface area contributed by atoms with Crippen LogP contribution in [0, 0.1) is 6.92 Å². The van der Waals surface area contributed by atoms with Crippen LogP contribution in [0.15, 0.2) is 24.5 Å². The molecule has 3 rings (SSSR count). The zero-order chi connectivity index (χ0) is 16.9. The number of anilines is 1. The largest absolute Gasteiger partial charge is 0.495 e. The Balaban J connectivity index is 1.60. The Bertz CT molecular complexity index is 683. The van der Waals surface area contributed by atoms with Crippen LogP contribution < -0.4 is 9.64 Å². The Morgan fingerprint density at radius 2 is 1.88 bits per heavy atom. The Morgan fingerprint density at radius 3 is 2.58 bits per heavy atom. The third kappa shape index (κ3) is 4.00. The average Bonchev–Trinajstić information content (AvgIpc) is 2.62. The van der Waals surface area contributed by atoms with Crippen LogP contribution >= 0.6 is 0 Å². The SMILES string of the molecule is CCc1nc(C)cc(N2CCN(Cc3cncc(OC)c3)CC2)n1. The van der Waals surface area contributed by atoms with Crippen LogP contribution in [0.2, 0.25) is 0 Å². The minimum Gasteiger partial charge on any atom is -0.495 e. The van der Waals surface area contributed by atoms with E-state index in [1.54, 1.807) is 13.3 Å². The standard InChI is InChI=1S/C18H25N5O/c1-4-17-20-14(2)9-18(21-17)23-7-5-22(6-8-23)13-15-10-16(24-3)12-19-11-15/h9-12H,4-8,13H2,1-3H3. The van der Waals surface area contributed by atoms with Gasteiger partial charge in [0.25, 0.3) is 0 Å². The van der Waals surface area contributed by atoms with Gasteiger partial charge >= 0.3 is 0 Å². The van der Waals surface area contributed by atoms with Crippen molar-refractivity contribution in [1.29, 1.82) is 0 Å². The molecule has 1 fully saturated rings. The molecule has 2 aromatic heterocycles. The molecule has 1 aliphatic heterocycles. The fraction of sp³-hybridized carbons (Fsp3) is 0.500. The van der Waals surface area contributed by atoms with Gasteiger partial charge in [-0.15, -0.1) is 0 Å². The highest BCUT2D eigenvalue weighted by molar-refractivity contribution is 5.40. The first-order valence-electron chi connectivity index (χ1n) is 8.47. The van der Waals surface area contributed by atoms with E-state index in [4.69, 9.17) is 4.74 Å². The lowest BCUT2D eigenvalue weighted by Gasteiger charge is -2.35. The van der Waals surface area contributed by atoms with E-state index in [0.29, 0.717) is 0 Å². The number of nitrogens with zero attached hydrogens (tertiary/aromatic N) is 5. The number of methoxy groups -OCH3 is 1. The molecule has 6 nitrogen and oxygen atoms in total. The summed E-state index contributed by atoms with van der Waals surface area (Å²) in [6, 6.07) is 4.14. The molecule has 0 atom stereocenters. The molecule has 1 aliphatic rings. The summed E-state index contributed by atoms with van der Waals surface area (Å²) in [6.07, 6.45) is 4.53. The van der Waals surface area contributed by atoms with E-state index in [0.717, 1.165) is 62.2 Å². The molecule has 6 heteroatoms. The van der Waals surface area contributed by atoms with E-state index < -0.39 is 0 Å². The summed E-state index contributed by atoms with van der Waals surface area (Å²) >= 11 is 0. The quantitative estimate of drug-likeness (QED) is 0.838. The molecule has 128 valence electrons. The average molecular weight is 327 g/mol. The van der Waals surface area contributed by atoms with Crippen molar-refractivity contribution in [2.24, 2.45) is 0 Å². The maximum atomic E-state index is 5.25. The smallest absolute Gasteiger partial charge is 0.137 e. The zero-order valence-electron chi connectivity index (χ0n) is 14.7. The summed E-state index contributed by atoms with van der Waals surface area (Å²) in [7, 11) is 1.67. The van der Waals surface area contributed by atoms with Crippen LogP contribution in [-0.2, 0) is 13.0 Å². The fourth-order valence-electron chi connectivity index (χ4n) is 2.99. The molecule has 2 aromatic rings. The highest BCUT2D eigenvalue weighted by atomic mass is 16.5. The molecule has 0 radical (unpaired) electrons. The summed E-state index contributed by atoms with van der Waals surface area (Å²) < 4.78 is 5.25. The Hall–Kier alpha value is -2.21. The Labute approximate surface area is 143 Å². The van der Waals surface area contributed by atoms with Crippen LogP contribution in [0.1, 0.15) is 24.0 Å². The molecule has 0 aromatic carbocycles. The predicted octanol–water partition coefficient (Wildman–Crippen LogP) is 2.07. The van der Waals surface area contributed by atoms with E-state index in [2.05, 4.69) is 43.8 Å². The minimum atomic E-state index is 0.815. The van der Waals surface area contributed by atoms with Gasteiger partial charge in [0.1, 0.15) is 17.4 Å². The number of ether oxygens (including phenoxy) is 1. The van der Waals surface area contributed by atoms with Gasteiger partial charge in [0.2, 0.25) is 0 Å². The number of rotatable bonds is 5. The van der Waals surface area contributed by atoms with Crippen LogP contribution in [0.4, 0.5) is 5.82 Å². The van der Waals surface area contributed by atoms with E-state index >= 15 is 0 Å². The van der Waals surface area contributed by atoms with Crippen molar-refractivity contribution >= 4 is 5.82 Å². The maximum Gasteiger partial charge on any atom is 0.137 e. The first-order chi connectivity index (χ1) is 11.7. The van der Waals surface area contributed by atoms with Crippen molar-refractivity contribution in [2.75, 3.05) is 38.2 Å². The lowest BCUT2D eigenvalue weighted by atomic mass is 10.2. The van der Waals surface area contributed by atoms with Crippen LogP contribution in [0.3, 0.4) is 0 Å². The molecule has 0 aliphatic carbocycles. The normalized spacial score (nSPS) is 15.5. The lowest BCUT2D eigenvalue weighted by molar-refractivity contribution is 0.248. The number of pyridine rings is 1. The molecular formula is C18H25N5O. The van der Waals surface area contributed by atoms with E-state index in [1.165, 1.54) is 5.56 Å². The predicted molar refractivity (Wildman–Crippen MR) is 94.4 cm³/mol. The van der Waals surface area contributed by atoms with Crippen molar-refractivity contribution in [3.8, 4) is 5.75 Å². The Kier molecular flexibility index (Phi) is 5.25. The van der Waals surface area contributed by atoms with Gasteiger partial charge in [-0.1, -0.05) is 6.92 Å². The second-order valence-electron chi connectivity index (χ2n) is 6.13. The summed E-state index contributed by atoms with van der Waals surface area (Å²) in [5.41, 5.74) is 2.23. The fourth-order valence-corrected chi connectivity index (χ4v) is 2.99. The summed E-state index contributed by atoms with van der Waals surface area (Å²) in [4.78, 5) is 18.2. The van der Waals surface area contributed by atoms with Crippen molar-refractivity contribution < 1.29 is 4.74 Å². The first-order valence-corrected chi connectivity index (χ1v) is 8.47. The van der Waals surface area contributed by atoms with Gasteiger partial charge in [0, 0.05) is 57.1 Å². The third-order valence-corrected chi connectivity index (χ3v) is 4.31. The number of hydrogen-bond donors (Lipinski definition) is 0. The molecule has 0 unspecified atom stereocenters. The molecule has 1 saturated heterocycles. The van der Waals surface area contributed by atoms with Crippen molar-refractivity contribution in [3.05, 3.63) is 41.6 Å². The summed E-state index contributed by atoms with van der Waals surface area (Å²) in [5.74, 6) is 2.80. The van der Waals surface area contributed by atoms with Crippen LogP contribution in [0.5, 0.6) is 5.75 Å². The van der Waals surface area contributed by atoms with Crippen molar-refractivity contribution in [2.45, 2.75) is 26.8 Å². The lowest BCUT2D eigenvalue weighted by Crippen LogP contribution is -2.46. The van der Waals surface area contributed by atoms with Crippen molar-refractivity contribution in [3.63, 3.8) is 0 Å². The minimum absolute atomic E-state index is 0.815. The van der Waals surface area contributed by atoms with Crippen LogP contribution in [0.25, 0.3) is 0 Å². The topological polar surface area (TPSA) is 54.4 Å². The zero-order valence-corrected chi connectivity index (χ0v) is 14.7. The van der Waals surface area contributed by atoms with Gasteiger partial charge in [-0.3, -0.25) is 9.88 Å². The Morgan fingerprint density at radius 1 is 1.08 bits per heavy atom. The number of aryl methyl sites for hydroxylation is 2. The van der Waals surface area contributed by atoms with Gasteiger partial charge < -0.3 is 9.64 Å². The van der Waals surface area contributed by atoms with Crippen LogP contribution in [-0.4, -0.2) is 53.1 Å². The van der Waals surface area contributed by atoms with Gasteiger partial charge in [0.05, 0.1) is 13.3 Å². The molecule has 3 heterocycles. The molecule has 0 N–H and O–H groups in total. The molecule has 0 bridgehead atoms. The highest BCUT2D eigenvalue weighted by Crippen LogP contribution is 2.17. The molecule has 0 saturated carbocycles. The molecule has 0 spiro atoms. The number of aromatic nitrogens is 3. The number of hydrogen-bond acceptors (Lipinski definition) is 6. The van der Waals surface area contributed by atoms with E-state index in [9.17, 15) is 0 Å².